The summed E-state index contributed by atoms with van der Waals surface area (Å²) >= 11 is 0. The van der Waals surface area contributed by atoms with Gasteiger partial charge in [0, 0.05) is 0 Å². The number of hydrogen-bond donors (Lipinski definition) is 2. The van der Waals surface area contributed by atoms with Gasteiger partial charge in [-0.05, 0) is 58.6 Å². The Balaban J connectivity index is 2.73. The Labute approximate surface area is 109 Å². The molecule has 0 saturated carbocycles. The summed E-state index contributed by atoms with van der Waals surface area (Å²) in [6, 6.07) is 0. The lowest BCUT2D eigenvalue weighted by Crippen LogP contribution is -2.43. The molecule has 1 aliphatic rings. The summed E-state index contributed by atoms with van der Waals surface area (Å²) in [5, 5.41) is 20.2. The molecule has 1 rings (SSSR count). The van der Waals surface area contributed by atoms with Crippen LogP contribution in [0.15, 0.2) is 23.3 Å². The van der Waals surface area contributed by atoms with Crippen molar-refractivity contribution in [1.29, 1.82) is 0 Å². The van der Waals surface area contributed by atoms with Crippen LogP contribution in [0.25, 0.3) is 0 Å². The van der Waals surface area contributed by atoms with Gasteiger partial charge < -0.3 is 10.2 Å². The van der Waals surface area contributed by atoms with Crippen LogP contribution in [0.2, 0.25) is 0 Å². The van der Waals surface area contributed by atoms with Crippen molar-refractivity contribution in [2.45, 2.75) is 58.7 Å². The van der Waals surface area contributed by atoms with E-state index in [0.29, 0.717) is 18.4 Å². The third kappa shape index (κ3) is 3.79. The van der Waals surface area contributed by atoms with Crippen molar-refractivity contribution in [3.63, 3.8) is 0 Å². The number of rotatable bonds is 4. The van der Waals surface area contributed by atoms with Crippen LogP contribution in [0, 0.1) is 5.92 Å². The van der Waals surface area contributed by atoms with E-state index in [2.05, 4.69) is 6.08 Å². The maximum absolute atomic E-state index is 11.9. The van der Waals surface area contributed by atoms with Crippen molar-refractivity contribution in [2.75, 3.05) is 0 Å². The summed E-state index contributed by atoms with van der Waals surface area (Å²) < 4.78 is 0. The minimum atomic E-state index is -1.05. The van der Waals surface area contributed by atoms with Crippen LogP contribution >= 0.6 is 0 Å². The fourth-order valence-electron chi connectivity index (χ4n) is 2.33. The van der Waals surface area contributed by atoms with Crippen molar-refractivity contribution in [3.8, 4) is 0 Å². The quantitative estimate of drug-likeness (QED) is 0.755. The SMILES string of the molecule is CC(C)=CCC[C@](C)(O)[C@@H]1C[C@H](O)C(C)=CC1=O. The molecule has 0 aromatic rings. The molecular weight excluding hydrogens is 228 g/mol. The Bertz CT molecular complexity index is 373. The van der Waals surface area contributed by atoms with E-state index >= 15 is 0 Å². The number of aliphatic hydroxyl groups is 2. The molecular formula is C15H24O3. The molecule has 0 aromatic carbocycles. The number of allylic oxidation sites excluding steroid dienone is 3. The van der Waals surface area contributed by atoms with Crippen molar-refractivity contribution in [1.82, 2.24) is 0 Å². The van der Waals surface area contributed by atoms with Gasteiger partial charge in [-0.3, -0.25) is 4.79 Å². The first-order valence-electron chi connectivity index (χ1n) is 6.50. The predicted octanol–water partition coefficient (Wildman–Crippen LogP) is 2.38. The summed E-state index contributed by atoms with van der Waals surface area (Å²) in [4.78, 5) is 11.9. The van der Waals surface area contributed by atoms with Crippen LogP contribution in [-0.4, -0.2) is 27.7 Å². The third-order valence-electron chi connectivity index (χ3n) is 3.65. The van der Waals surface area contributed by atoms with Gasteiger partial charge in [0.15, 0.2) is 5.78 Å². The molecule has 2 N–H and O–H groups in total. The molecule has 0 spiro atoms. The highest BCUT2D eigenvalue weighted by Gasteiger charge is 2.39. The largest absolute Gasteiger partial charge is 0.389 e. The molecule has 18 heavy (non-hydrogen) atoms. The third-order valence-corrected chi connectivity index (χ3v) is 3.65. The molecule has 0 aliphatic heterocycles. The topological polar surface area (TPSA) is 57.5 Å². The summed E-state index contributed by atoms with van der Waals surface area (Å²) in [6.07, 6.45) is 4.52. The molecule has 0 saturated heterocycles. The molecule has 3 atom stereocenters. The lowest BCUT2D eigenvalue weighted by molar-refractivity contribution is -0.130. The van der Waals surface area contributed by atoms with Crippen LogP contribution < -0.4 is 0 Å². The average Bonchev–Trinajstić information content (AvgIpc) is 2.22. The molecule has 102 valence electrons. The zero-order valence-corrected chi connectivity index (χ0v) is 11.7. The Morgan fingerprint density at radius 1 is 1.56 bits per heavy atom. The van der Waals surface area contributed by atoms with Crippen LogP contribution in [0.1, 0.15) is 47.0 Å². The maximum atomic E-state index is 11.9. The molecule has 0 amide bonds. The first-order valence-corrected chi connectivity index (χ1v) is 6.50. The van der Waals surface area contributed by atoms with Crippen molar-refractivity contribution in [3.05, 3.63) is 23.3 Å². The van der Waals surface area contributed by atoms with E-state index in [1.807, 2.05) is 13.8 Å². The number of ketones is 1. The number of carbonyl (C=O) groups excluding carboxylic acids is 1. The Kier molecular flexibility index (Phi) is 4.88. The second-order valence-corrected chi connectivity index (χ2v) is 5.77. The Morgan fingerprint density at radius 2 is 2.17 bits per heavy atom. The molecule has 3 nitrogen and oxygen atoms in total. The van der Waals surface area contributed by atoms with E-state index in [-0.39, 0.29) is 5.78 Å². The fourth-order valence-corrected chi connectivity index (χ4v) is 2.33. The molecule has 0 heterocycles. The highest BCUT2D eigenvalue weighted by Crippen LogP contribution is 2.33. The minimum Gasteiger partial charge on any atom is -0.389 e. The highest BCUT2D eigenvalue weighted by atomic mass is 16.3. The van der Waals surface area contributed by atoms with E-state index < -0.39 is 17.6 Å². The second-order valence-electron chi connectivity index (χ2n) is 5.77. The second kappa shape index (κ2) is 5.81. The van der Waals surface area contributed by atoms with Gasteiger partial charge in [-0.25, -0.2) is 0 Å². The molecule has 3 heteroatoms. The first-order chi connectivity index (χ1) is 8.24. The van der Waals surface area contributed by atoms with E-state index in [4.69, 9.17) is 0 Å². The van der Waals surface area contributed by atoms with Crippen molar-refractivity contribution >= 4 is 5.78 Å². The Hall–Kier alpha value is -0.930. The first kappa shape index (κ1) is 15.1. The van der Waals surface area contributed by atoms with E-state index in [0.717, 1.165) is 6.42 Å². The maximum Gasteiger partial charge on any atom is 0.161 e. The highest BCUT2D eigenvalue weighted by molar-refractivity contribution is 5.94. The van der Waals surface area contributed by atoms with Gasteiger partial charge >= 0.3 is 0 Å². The summed E-state index contributed by atoms with van der Waals surface area (Å²) in [5.41, 5.74) is 0.842. The van der Waals surface area contributed by atoms with Gasteiger partial charge in [-0.1, -0.05) is 11.6 Å². The molecule has 0 fully saturated rings. The monoisotopic (exact) mass is 252 g/mol. The van der Waals surface area contributed by atoms with Gasteiger partial charge in [0.25, 0.3) is 0 Å². The molecule has 0 bridgehead atoms. The summed E-state index contributed by atoms with van der Waals surface area (Å²) in [7, 11) is 0. The van der Waals surface area contributed by atoms with E-state index in [1.165, 1.54) is 11.6 Å². The standard InChI is InChI=1S/C15H24O3/c1-10(2)6-5-7-15(4,18)12-9-13(16)11(3)8-14(12)17/h6,8,12-13,16,18H,5,7,9H2,1-4H3/t12-,13+,15+/m1/s1. The molecule has 1 aliphatic carbocycles. The average molecular weight is 252 g/mol. The fraction of sp³-hybridized carbons (Fsp3) is 0.667. The molecule has 0 radical (unpaired) electrons. The lowest BCUT2D eigenvalue weighted by Gasteiger charge is -2.35. The van der Waals surface area contributed by atoms with Crippen molar-refractivity contribution < 1.29 is 15.0 Å². The summed E-state index contributed by atoms with van der Waals surface area (Å²) in [6.45, 7) is 7.46. The van der Waals surface area contributed by atoms with Crippen LogP contribution in [0.4, 0.5) is 0 Å². The lowest BCUT2D eigenvalue weighted by atomic mass is 9.75. The normalized spacial score (nSPS) is 27.4. The van der Waals surface area contributed by atoms with Crippen molar-refractivity contribution in [2.24, 2.45) is 5.92 Å². The molecule has 0 unspecified atom stereocenters. The van der Waals surface area contributed by atoms with Crippen LogP contribution in [0.3, 0.4) is 0 Å². The van der Waals surface area contributed by atoms with Crippen LogP contribution in [0.5, 0.6) is 0 Å². The number of carbonyl (C=O) groups is 1. The van der Waals surface area contributed by atoms with E-state index in [1.54, 1.807) is 13.8 Å². The number of hydrogen-bond acceptors (Lipinski definition) is 3. The Morgan fingerprint density at radius 3 is 2.72 bits per heavy atom. The van der Waals surface area contributed by atoms with Gasteiger partial charge in [-0.15, -0.1) is 0 Å². The smallest absolute Gasteiger partial charge is 0.161 e. The summed E-state index contributed by atoms with van der Waals surface area (Å²) in [5.74, 6) is -0.568. The van der Waals surface area contributed by atoms with Gasteiger partial charge in [0.1, 0.15) is 0 Å². The minimum absolute atomic E-state index is 0.0694. The van der Waals surface area contributed by atoms with Gasteiger partial charge in [0.2, 0.25) is 0 Å². The number of aliphatic hydroxyl groups excluding tert-OH is 1. The zero-order valence-electron chi connectivity index (χ0n) is 11.7. The van der Waals surface area contributed by atoms with Crippen LogP contribution in [-0.2, 0) is 4.79 Å². The van der Waals surface area contributed by atoms with Gasteiger partial charge in [0.05, 0.1) is 17.6 Å². The predicted molar refractivity (Wildman–Crippen MR) is 72.2 cm³/mol. The molecule has 0 aromatic heterocycles. The van der Waals surface area contributed by atoms with E-state index in [9.17, 15) is 15.0 Å². The van der Waals surface area contributed by atoms with Gasteiger partial charge in [-0.2, -0.15) is 0 Å². The zero-order chi connectivity index (χ0) is 13.9.